The number of aromatic nitrogens is 4. The Morgan fingerprint density at radius 3 is 2.48 bits per heavy atom. The molecule has 4 aromatic rings. The largest absolute Gasteiger partial charge is 0.333 e. The van der Waals surface area contributed by atoms with Crippen LogP contribution in [0.15, 0.2) is 54.9 Å². The van der Waals surface area contributed by atoms with Crippen molar-refractivity contribution in [2.45, 2.75) is 13.8 Å². The molecule has 27 heavy (non-hydrogen) atoms. The van der Waals surface area contributed by atoms with E-state index < -0.39 is 0 Å². The third-order valence-electron chi connectivity index (χ3n) is 4.13. The van der Waals surface area contributed by atoms with E-state index in [0.29, 0.717) is 5.69 Å². The van der Waals surface area contributed by atoms with Crippen LogP contribution in [-0.4, -0.2) is 32.7 Å². The summed E-state index contributed by atoms with van der Waals surface area (Å²) in [6.07, 6.45) is 4.29. The summed E-state index contributed by atoms with van der Waals surface area (Å²) >= 11 is 0. The zero-order chi connectivity index (χ0) is 19.4. The molecule has 136 valence electrons. The molecule has 0 amide bonds. The van der Waals surface area contributed by atoms with E-state index >= 15 is 0 Å². The summed E-state index contributed by atoms with van der Waals surface area (Å²) < 4.78 is 1.79. The fourth-order valence-electron chi connectivity index (χ4n) is 2.91. The van der Waals surface area contributed by atoms with Gasteiger partial charge in [-0.1, -0.05) is 12.1 Å². The first-order valence-corrected chi connectivity index (χ1v) is 8.58. The molecule has 0 saturated carbocycles. The predicted octanol–water partition coefficient (Wildman–Crippen LogP) is 3.46. The van der Waals surface area contributed by atoms with Crippen molar-refractivity contribution < 1.29 is 4.79 Å². The maximum Gasteiger partial charge on any atom is 0.168 e. The fraction of sp³-hybridized carbons (Fsp3) is 0.143. The molecule has 0 atom stereocenters. The quantitative estimate of drug-likeness (QED) is 0.566. The van der Waals surface area contributed by atoms with E-state index in [2.05, 4.69) is 15.7 Å². The Balaban J connectivity index is 0.00000102. The zero-order valence-corrected chi connectivity index (χ0v) is 15.5. The molecule has 4 aromatic heterocycles. The van der Waals surface area contributed by atoms with Gasteiger partial charge in [0.25, 0.3) is 0 Å². The minimum absolute atomic E-state index is 0.521. The highest BCUT2D eigenvalue weighted by atomic mass is 16.1. The molecule has 2 N–H and O–H groups in total. The number of hydrogen-bond acceptors (Lipinski definition) is 5. The van der Waals surface area contributed by atoms with Crippen LogP contribution in [0.4, 0.5) is 0 Å². The normalized spacial score (nSPS) is 10.4. The van der Waals surface area contributed by atoms with Gasteiger partial charge in [-0.15, -0.1) is 0 Å². The summed E-state index contributed by atoms with van der Waals surface area (Å²) in [5.41, 5.74) is 11.2. The van der Waals surface area contributed by atoms with Gasteiger partial charge in [-0.2, -0.15) is 0 Å². The number of rotatable bonds is 3. The predicted molar refractivity (Wildman–Crippen MR) is 107 cm³/mol. The highest BCUT2D eigenvalue weighted by Crippen LogP contribution is 2.30. The minimum atomic E-state index is 0.521. The van der Waals surface area contributed by atoms with Crippen LogP contribution >= 0.6 is 0 Å². The van der Waals surface area contributed by atoms with Crippen molar-refractivity contribution in [1.82, 2.24) is 19.4 Å². The number of carbonyl (C=O) groups is 1. The van der Waals surface area contributed by atoms with Crippen LogP contribution < -0.4 is 5.73 Å². The zero-order valence-electron chi connectivity index (χ0n) is 15.5. The van der Waals surface area contributed by atoms with Crippen LogP contribution in [-0.2, 0) is 0 Å². The average molecular weight is 359 g/mol. The van der Waals surface area contributed by atoms with Crippen LogP contribution in [0.25, 0.3) is 28.2 Å². The van der Waals surface area contributed by atoms with Crippen LogP contribution in [0.1, 0.15) is 21.9 Å². The van der Waals surface area contributed by atoms with Crippen LogP contribution in [0.5, 0.6) is 0 Å². The molecule has 6 heteroatoms. The standard InChI is InChI=1S/C20H16N4O.CH5N/c1-13-4-3-5-18(22-13)20-17(8-6-14(2)23-20)15-7-9-19-21-10-16(12-25)24(19)11-15;1-2/h3-12H,1-2H3;2H2,1H3. The van der Waals surface area contributed by atoms with Gasteiger partial charge in [0, 0.05) is 28.7 Å². The Morgan fingerprint density at radius 1 is 0.963 bits per heavy atom. The third-order valence-corrected chi connectivity index (χ3v) is 4.13. The lowest BCUT2D eigenvalue weighted by molar-refractivity contribution is 0.111. The minimum Gasteiger partial charge on any atom is -0.333 e. The van der Waals surface area contributed by atoms with Gasteiger partial charge in [-0.3, -0.25) is 19.2 Å². The first kappa shape index (κ1) is 18.4. The molecule has 0 unspecified atom stereocenters. The van der Waals surface area contributed by atoms with E-state index in [1.807, 2.05) is 62.5 Å². The SMILES string of the molecule is CN.Cc1cccc(-c2nc(C)ccc2-c2ccc3ncc(C=O)n3c2)n1. The maximum atomic E-state index is 11.2. The van der Waals surface area contributed by atoms with Gasteiger partial charge in [0.2, 0.25) is 0 Å². The summed E-state index contributed by atoms with van der Waals surface area (Å²) in [4.78, 5) is 24.8. The summed E-state index contributed by atoms with van der Waals surface area (Å²) in [5.74, 6) is 0. The van der Waals surface area contributed by atoms with E-state index in [0.717, 1.165) is 45.8 Å². The second kappa shape index (κ2) is 7.88. The molecule has 6 nitrogen and oxygen atoms in total. The third kappa shape index (κ3) is 3.61. The number of aldehydes is 1. The Morgan fingerprint density at radius 2 is 1.74 bits per heavy atom. The lowest BCUT2D eigenvalue weighted by Gasteiger charge is -2.11. The molecule has 0 aliphatic heterocycles. The summed E-state index contributed by atoms with van der Waals surface area (Å²) in [5, 5.41) is 0. The van der Waals surface area contributed by atoms with Crippen molar-refractivity contribution in [2.75, 3.05) is 7.05 Å². The van der Waals surface area contributed by atoms with Crippen molar-refractivity contribution in [2.24, 2.45) is 5.73 Å². The van der Waals surface area contributed by atoms with Gasteiger partial charge in [-0.25, -0.2) is 4.98 Å². The Kier molecular flexibility index (Phi) is 5.38. The Bertz CT molecular complexity index is 1100. The number of nitrogens with zero attached hydrogens (tertiary/aromatic N) is 4. The summed E-state index contributed by atoms with van der Waals surface area (Å²) in [7, 11) is 1.50. The number of nitrogens with two attached hydrogens (primary N) is 1. The highest BCUT2D eigenvalue weighted by molar-refractivity contribution is 5.81. The number of hydrogen-bond donors (Lipinski definition) is 1. The number of aryl methyl sites for hydroxylation is 2. The lowest BCUT2D eigenvalue weighted by Crippen LogP contribution is -1.97. The first-order valence-electron chi connectivity index (χ1n) is 8.58. The smallest absolute Gasteiger partial charge is 0.168 e. The van der Waals surface area contributed by atoms with Crippen LogP contribution in [0.3, 0.4) is 0 Å². The van der Waals surface area contributed by atoms with E-state index in [9.17, 15) is 4.79 Å². The van der Waals surface area contributed by atoms with E-state index in [1.165, 1.54) is 7.05 Å². The van der Waals surface area contributed by atoms with E-state index in [1.54, 1.807) is 10.6 Å². The molecule has 0 saturated heterocycles. The maximum absolute atomic E-state index is 11.2. The molecule has 0 fully saturated rings. The van der Waals surface area contributed by atoms with Gasteiger partial charge >= 0.3 is 0 Å². The second-order valence-corrected chi connectivity index (χ2v) is 5.96. The molecule has 4 rings (SSSR count). The summed E-state index contributed by atoms with van der Waals surface area (Å²) in [6.45, 7) is 3.93. The van der Waals surface area contributed by atoms with E-state index in [-0.39, 0.29) is 0 Å². The van der Waals surface area contributed by atoms with Gasteiger partial charge in [0.05, 0.1) is 17.6 Å². The number of fused-ring (bicyclic) bond motifs is 1. The topological polar surface area (TPSA) is 86.2 Å². The van der Waals surface area contributed by atoms with Crippen molar-refractivity contribution >= 4 is 11.9 Å². The monoisotopic (exact) mass is 359 g/mol. The lowest BCUT2D eigenvalue weighted by atomic mass is 10.0. The van der Waals surface area contributed by atoms with Gasteiger partial charge in [0.1, 0.15) is 11.3 Å². The number of carbonyl (C=O) groups excluding carboxylic acids is 1. The Hall–Kier alpha value is -3.38. The molecular weight excluding hydrogens is 338 g/mol. The van der Waals surface area contributed by atoms with Crippen molar-refractivity contribution in [3.8, 4) is 22.5 Å². The second-order valence-electron chi connectivity index (χ2n) is 5.96. The van der Waals surface area contributed by atoms with Gasteiger partial charge < -0.3 is 5.73 Å². The van der Waals surface area contributed by atoms with Crippen LogP contribution in [0.2, 0.25) is 0 Å². The Labute approximate surface area is 157 Å². The number of pyridine rings is 3. The highest BCUT2D eigenvalue weighted by Gasteiger charge is 2.12. The molecule has 0 radical (unpaired) electrons. The first-order chi connectivity index (χ1) is 13.2. The van der Waals surface area contributed by atoms with Crippen LogP contribution in [0, 0.1) is 13.8 Å². The molecule has 0 aliphatic rings. The van der Waals surface area contributed by atoms with Gasteiger partial charge in [-0.05, 0) is 51.2 Å². The summed E-state index contributed by atoms with van der Waals surface area (Å²) in [6, 6.07) is 13.8. The molecule has 4 heterocycles. The molecular formula is C21H21N5O. The molecule has 0 aromatic carbocycles. The number of imidazole rings is 1. The van der Waals surface area contributed by atoms with Crippen molar-refractivity contribution in [3.05, 3.63) is 71.9 Å². The molecule has 0 spiro atoms. The molecule has 0 bridgehead atoms. The van der Waals surface area contributed by atoms with Gasteiger partial charge in [0.15, 0.2) is 6.29 Å². The average Bonchev–Trinajstić information content (AvgIpc) is 3.12. The molecule has 0 aliphatic carbocycles. The fourth-order valence-corrected chi connectivity index (χ4v) is 2.91. The van der Waals surface area contributed by atoms with E-state index in [4.69, 9.17) is 4.98 Å². The van der Waals surface area contributed by atoms with Crippen molar-refractivity contribution in [3.63, 3.8) is 0 Å². The van der Waals surface area contributed by atoms with Crippen molar-refractivity contribution in [1.29, 1.82) is 0 Å².